The molecule has 0 spiro atoms. The molecule has 2 aliphatic heterocycles. The fraction of sp³-hybridized carbons (Fsp3) is 0.696. The van der Waals surface area contributed by atoms with Gasteiger partial charge < -0.3 is 15.0 Å². The Hall–Kier alpha value is -1.10. The van der Waals surface area contributed by atoms with Gasteiger partial charge in [0.1, 0.15) is 0 Å². The molecule has 2 unspecified atom stereocenters. The smallest absolute Gasteiger partial charge is 0.222 e. The molecule has 1 amide bonds. The molecule has 0 bridgehead atoms. The summed E-state index contributed by atoms with van der Waals surface area (Å²) in [5, 5.41) is 3.42. The zero-order chi connectivity index (χ0) is 19.1. The molecule has 0 aromatic heterocycles. The monoisotopic (exact) mass is 408 g/mol. The van der Waals surface area contributed by atoms with Crippen LogP contribution in [0.25, 0.3) is 0 Å². The zero-order valence-electron chi connectivity index (χ0n) is 17.5. The molecule has 4 nitrogen and oxygen atoms in total. The number of hydrogen-bond acceptors (Lipinski definition) is 3. The first kappa shape index (κ1) is 23.2. The third-order valence-electron chi connectivity index (χ3n) is 6.28. The van der Waals surface area contributed by atoms with Crippen LogP contribution in [0.15, 0.2) is 24.3 Å². The highest BCUT2D eigenvalue weighted by atomic mass is 35.5. The summed E-state index contributed by atoms with van der Waals surface area (Å²) in [5.41, 5.74) is 2.58. The highest BCUT2D eigenvalue weighted by Gasteiger charge is 2.26. The summed E-state index contributed by atoms with van der Waals surface area (Å²) in [4.78, 5) is 15.2. The first-order chi connectivity index (χ1) is 13.1. The molecule has 2 aliphatic rings. The van der Waals surface area contributed by atoms with Gasteiger partial charge in [0.15, 0.2) is 0 Å². The molecule has 3 rings (SSSR count). The second-order valence-corrected chi connectivity index (χ2v) is 8.48. The number of halogens is 1. The number of aryl methyl sites for hydroxylation is 1. The van der Waals surface area contributed by atoms with E-state index in [1.54, 1.807) is 0 Å². The van der Waals surface area contributed by atoms with E-state index in [0.717, 1.165) is 52.0 Å². The second kappa shape index (κ2) is 11.8. The van der Waals surface area contributed by atoms with Crippen LogP contribution in [0.3, 0.4) is 0 Å². The molecule has 2 atom stereocenters. The number of carbonyl (C=O) groups excluding carboxylic acids is 1. The van der Waals surface area contributed by atoms with Crippen LogP contribution in [-0.2, 0) is 16.0 Å². The van der Waals surface area contributed by atoms with Crippen LogP contribution < -0.4 is 5.32 Å². The molecule has 1 aromatic rings. The van der Waals surface area contributed by atoms with Crippen molar-refractivity contribution >= 4 is 18.3 Å². The highest BCUT2D eigenvalue weighted by Crippen LogP contribution is 2.25. The molecule has 2 heterocycles. The number of piperidine rings is 1. The molecular formula is C23H37ClN2O2. The van der Waals surface area contributed by atoms with E-state index in [-0.39, 0.29) is 18.5 Å². The van der Waals surface area contributed by atoms with Crippen LogP contribution in [-0.4, -0.2) is 49.7 Å². The summed E-state index contributed by atoms with van der Waals surface area (Å²) in [6.45, 7) is 8.95. The molecule has 0 aliphatic carbocycles. The van der Waals surface area contributed by atoms with E-state index in [9.17, 15) is 4.79 Å². The molecule has 0 saturated carbocycles. The number of ether oxygens (including phenoxy) is 1. The lowest BCUT2D eigenvalue weighted by Gasteiger charge is -2.31. The number of hydrogen-bond donors (Lipinski definition) is 1. The third-order valence-corrected chi connectivity index (χ3v) is 6.28. The minimum absolute atomic E-state index is 0. The Morgan fingerprint density at radius 2 is 1.93 bits per heavy atom. The van der Waals surface area contributed by atoms with Crippen LogP contribution in [0.1, 0.15) is 50.2 Å². The first-order valence-electron chi connectivity index (χ1n) is 10.8. The van der Waals surface area contributed by atoms with Gasteiger partial charge in [-0.3, -0.25) is 4.79 Å². The Balaban J connectivity index is 0.00000280. The van der Waals surface area contributed by atoms with Crippen LogP contribution in [0.4, 0.5) is 0 Å². The van der Waals surface area contributed by atoms with Crippen molar-refractivity contribution in [2.45, 2.75) is 58.5 Å². The zero-order valence-corrected chi connectivity index (χ0v) is 18.3. The predicted molar refractivity (Wildman–Crippen MR) is 117 cm³/mol. The fourth-order valence-corrected chi connectivity index (χ4v) is 4.36. The molecule has 1 N–H and O–H groups in total. The van der Waals surface area contributed by atoms with Crippen molar-refractivity contribution in [3.63, 3.8) is 0 Å². The number of carbonyl (C=O) groups is 1. The van der Waals surface area contributed by atoms with E-state index in [4.69, 9.17) is 4.74 Å². The number of nitrogens with one attached hydrogen (secondary N) is 1. The summed E-state index contributed by atoms with van der Waals surface area (Å²) in [6.07, 6.45) is 6.41. The van der Waals surface area contributed by atoms with Crippen molar-refractivity contribution < 1.29 is 9.53 Å². The van der Waals surface area contributed by atoms with E-state index >= 15 is 0 Å². The van der Waals surface area contributed by atoms with Crippen LogP contribution in [0.5, 0.6) is 0 Å². The van der Waals surface area contributed by atoms with Gasteiger partial charge in [0, 0.05) is 26.1 Å². The third kappa shape index (κ3) is 7.06. The van der Waals surface area contributed by atoms with E-state index in [0.29, 0.717) is 24.2 Å². The summed E-state index contributed by atoms with van der Waals surface area (Å²) < 4.78 is 5.82. The van der Waals surface area contributed by atoms with Gasteiger partial charge in [-0.2, -0.15) is 0 Å². The number of amides is 1. The van der Waals surface area contributed by atoms with Gasteiger partial charge in [-0.25, -0.2) is 0 Å². The summed E-state index contributed by atoms with van der Waals surface area (Å²) in [5.74, 6) is 1.45. The fourth-order valence-electron chi connectivity index (χ4n) is 4.36. The highest BCUT2D eigenvalue weighted by molar-refractivity contribution is 5.85. The van der Waals surface area contributed by atoms with Crippen molar-refractivity contribution in [3.8, 4) is 0 Å². The van der Waals surface area contributed by atoms with E-state index in [1.165, 1.54) is 24.0 Å². The molecule has 2 saturated heterocycles. The van der Waals surface area contributed by atoms with E-state index in [2.05, 4.69) is 48.3 Å². The van der Waals surface area contributed by atoms with Crippen LogP contribution in [0, 0.1) is 18.8 Å². The first-order valence-corrected chi connectivity index (χ1v) is 10.8. The summed E-state index contributed by atoms with van der Waals surface area (Å²) in [6, 6.07) is 8.67. The molecule has 28 heavy (non-hydrogen) atoms. The lowest BCUT2D eigenvalue weighted by atomic mass is 9.84. The summed E-state index contributed by atoms with van der Waals surface area (Å²) >= 11 is 0. The SMILES string of the molecule is Cc1ccc(CCN(CC2CCCO2)C(=O)CC(C)C2CCNCC2)cc1.Cl. The van der Waals surface area contributed by atoms with Gasteiger partial charge >= 0.3 is 0 Å². The number of benzene rings is 1. The average Bonchev–Trinajstić information content (AvgIpc) is 3.20. The Bertz CT molecular complexity index is 581. The van der Waals surface area contributed by atoms with Gasteiger partial charge in [-0.15, -0.1) is 12.4 Å². The van der Waals surface area contributed by atoms with Crippen molar-refractivity contribution in [1.82, 2.24) is 10.2 Å². The van der Waals surface area contributed by atoms with Gasteiger partial charge in [-0.05, 0) is 69.5 Å². The van der Waals surface area contributed by atoms with Gasteiger partial charge in [0.25, 0.3) is 0 Å². The normalized spacial score (nSPS) is 21.1. The Labute approximate surface area is 176 Å². The van der Waals surface area contributed by atoms with Crippen molar-refractivity contribution in [1.29, 1.82) is 0 Å². The minimum Gasteiger partial charge on any atom is -0.376 e. The molecule has 5 heteroatoms. The second-order valence-electron chi connectivity index (χ2n) is 8.48. The topological polar surface area (TPSA) is 41.6 Å². The van der Waals surface area contributed by atoms with Crippen molar-refractivity contribution in [2.24, 2.45) is 11.8 Å². The van der Waals surface area contributed by atoms with Gasteiger partial charge in [-0.1, -0.05) is 36.8 Å². The largest absolute Gasteiger partial charge is 0.376 e. The Morgan fingerprint density at radius 1 is 1.21 bits per heavy atom. The Kier molecular flexibility index (Phi) is 9.76. The van der Waals surface area contributed by atoms with Gasteiger partial charge in [0.05, 0.1) is 6.10 Å². The van der Waals surface area contributed by atoms with E-state index in [1.807, 2.05) is 0 Å². The lowest BCUT2D eigenvalue weighted by molar-refractivity contribution is -0.134. The minimum atomic E-state index is 0. The number of rotatable bonds is 8. The van der Waals surface area contributed by atoms with Crippen molar-refractivity contribution in [2.75, 3.05) is 32.8 Å². The maximum absolute atomic E-state index is 13.1. The molecule has 1 aromatic carbocycles. The average molecular weight is 409 g/mol. The predicted octanol–water partition coefficient (Wildman–Crippen LogP) is 3.99. The van der Waals surface area contributed by atoms with Crippen LogP contribution >= 0.6 is 12.4 Å². The molecule has 158 valence electrons. The number of nitrogens with zero attached hydrogens (tertiary/aromatic N) is 1. The molecule has 2 fully saturated rings. The lowest BCUT2D eigenvalue weighted by Crippen LogP contribution is -2.40. The van der Waals surface area contributed by atoms with E-state index < -0.39 is 0 Å². The Morgan fingerprint density at radius 3 is 2.57 bits per heavy atom. The van der Waals surface area contributed by atoms with Gasteiger partial charge in [0.2, 0.25) is 5.91 Å². The maximum atomic E-state index is 13.1. The van der Waals surface area contributed by atoms with Crippen molar-refractivity contribution in [3.05, 3.63) is 35.4 Å². The molecular weight excluding hydrogens is 372 g/mol. The molecule has 0 radical (unpaired) electrons. The quantitative estimate of drug-likeness (QED) is 0.707. The maximum Gasteiger partial charge on any atom is 0.222 e. The standard InChI is InChI=1S/C23H36N2O2.ClH/c1-18-5-7-20(8-6-18)11-14-25(17-22-4-3-15-27-22)23(26)16-19(2)21-9-12-24-13-10-21;/h5-8,19,21-22,24H,3-4,9-17H2,1-2H3;1H. The van der Waals surface area contributed by atoms with Crippen LogP contribution in [0.2, 0.25) is 0 Å². The summed E-state index contributed by atoms with van der Waals surface area (Å²) in [7, 11) is 0.